The Bertz CT molecular complexity index is 317. The van der Waals surface area contributed by atoms with Gasteiger partial charge in [0.2, 0.25) is 0 Å². The van der Waals surface area contributed by atoms with E-state index in [0.29, 0.717) is 30.1 Å². The third-order valence-corrected chi connectivity index (χ3v) is 4.87. The van der Waals surface area contributed by atoms with Gasteiger partial charge in [0.15, 0.2) is 0 Å². The standard InChI is InChI=1S/C15H26O2/c1-9(2)14-11-7-10(3)5-6-12(11)15(4,17)8-13(14)16/h7,9,11-14,16-17H,5-6,8H2,1-4H3. The molecule has 0 heterocycles. The summed E-state index contributed by atoms with van der Waals surface area (Å²) in [6.45, 7) is 8.44. The average Bonchev–Trinajstić information content (AvgIpc) is 2.14. The summed E-state index contributed by atoms with van der Waals surface area (Å²) >= 11 is 0. The zero-order valence-electron chi connectivity index (χ0n) is 11.5. The van der Waals surface area contributed by atoms with Gasteiger partial charge >= 0.3 is 0 Å². The fourth-order valence-corrected chi connectivity index (χ4v) is 4.06. The summed E-state index contributed by atoms with van der Waals surface area (Å²) in [6, 6.07) is 0. The minimum absolute atomic E-state index is 0.301. The Hall–Kier alpha value is -0.340. The second-order valence-electron chi connectivity index (χ2n) is 6.69. The van der Waals surface area contributed by atoms with Gasteiger partial charge in [0.05, 0.1) is 11.7 Å². The second kappa shape index (κ2) is 4.40. The molecule has 2 heteroatoms. The van der Waals surface area contributed by atoms with Crippen LogP contribution in [0.2, 0.25) is 0 Å². The summed E-state index contributed by atoms with van der Waals surface area (Å²) in [5.41, 5.74) is 0.717. The Morgan fingerprint density at radius 2 is 2.06 bits per heavy atom. The first-order valence-corrected chi connectivity index (χ1v) is 6.90. The van der Waals surface area contributed by atoms with Crippen LogP contribution >= 0.6 is 0 Å². The van der Waals surface area contributed by atoms with Crippen molar-refractivity contribution in [1.82, 2.24) is 0 Å². The monoisotopic (exact) mass is 238 g/mol. The maximum absolute atomic E-state index is 10.5. The number of fused-ring (bicyclic) bond motifs is 1. The number of hydrogen-bond acceptors (Lipinski definition) is 2. The van der Waals surface area contributed by atoms with Crippen LogP contribution in [0.25, 0.3) is 0 Å². The first-order valence-electron chi connectivity index (χ1n) is 6.90. The highest BCUT2D eigenvalue weighted by atomic mass is 16.3. The van der Waals surface area contributed by atoms with E-state index >= 15 is 0 Å². The molecular formula is C15H26O2. The quantitative estimate of drug-likeness (QED) is 0.690. The third kappa shape index (κ3) is 2.30. The van der Waals surface area contributed by atoms with Gasteiger partial charge in [0, 0.05) is 6.42 Å². The lowest BCUT2D eigenvalue weighted by atomic mass is 9.57. The smallest absolute Gasteiger partial charge is 0.0678 e. The largest absolute Gasteiger partial charge is 0.393 e. The van der Waals surface area contributed by atoms with E-state index in [-0.39, 0.29) is 6.10 Å². The van der Waals surface area contributed by atoms with Gasteiger partial charge in [-0.05, 0) is 50.4 Å². The van der Waals surface area contributed by atoms with Crippen LogP contribution in [0.1, 0.15) is 47.0 Å². The van der Waals surface area contributed by atoms with Crippen LogP contribution in [0.15, 0.2) is 11.6 Å². The molecule has 17 heavy (non-hydrogen) atoms. The van der Waals surface area contributed by atoms with Crippen LogP contribution in [0, 0.1) is 23.7 Å². The van der Waals surface area contributed by atoms with E-state index in [1.807, 2.05) is 6.92 Å². The van der Waals surface area contributed by atoms with Crippen molar-refractivity contribution in [3.63, 3.8) is 0 Å². The van der Waals surface area contributed by atoms with E-state index in [0.717, 1.165) is 12.8 Å². The van der Waals surface area contributed by atoms with E-state index < -0.39 is 5.60 Å². The van der Waals surface area contributed by atoms with Crippen LogP contribution in [0.4, 0.5) is 0 Å². The Morgan fingerprint density at radius 1 is 1.41 bits per heavy atom. The molecule has 5 unspecified atom stereocenters. The average molecular weight is 238 g/mol. The van der Waals surface area contributed by atoms with Crippen molar-refractivity contribution in [2.75, 3.05) is 0 Å². The molecule has 2 rings (SSSR count). The van der Waals surface area contributed by atoms with Crippen molar-refractivity contribution in [1.29, 1.82) is 0 Å². The molecule has 5 atom stereocenters. The molecule has 2 nitrogen and oxygen atoms in total. The molecule has 0 aliphatic heterocycles. The van der Waals surface area contributed by atoms with Gasteiger partial charge in [-0.2, -0.15) is 0 Å². The minimum atomic E-state index is -0.702. The summed E-state index contributed by atoms with van der Waals surface area (Å²) < 4.78 is 0. The highest BCUT2D eigenvalue weighted by Crippen LogP contribution is 2.49. The Kier molecular flexibility index (Phi) is 3.39. The van der Waals surface area contributed by atoms with E-state index in [1.165, 1.54) is 5.57 Å². The molecule has 0 aromatic rings. The number of allylic oxidation sites excluding steroid dienone is 2. The molecule has 0 amide bonds. The van der Waals surface area contributed by atoms with E-state index in [1.54, 1.807) is 0 Å². The molecule has 0 aromatic carbocycles. The zero-order valence-corrected chi connectivity index (χ0v) is 11.5. The number of hydrogen-bond donors (Lipinski definition) is 2. The SMILES string of the molecule is CC1=CC2C(C(C)C)C(O)CC(C)(O)C2CC1. The van der Waals surface area contributed by atoms with Crippen molar-refractivity contribution in [3.05, 3.63) is 11.6 Å². The topological polar surface area (TPSA) is 40.5 Å². The van der Waals surface area contributed by atoms with Crippen LogP contribution in [-0.4, -0.2) is 21.9 Å². The molecule has 0 aromatic heterocycles. The molecule has 2 aliphatic rings. The van der Waals surface area contributed by atoms with Gasteiger partial charge in [0.1, 0.15) is 0 Å². The van der Waals surface area contributed by atoms with Gasteiger partial charge in [-0.3, -0.25) is 0 Å². The zero-order chi connectivity index (χ0) is 12.8. The molecule has 0 radical (unpaired) electrons. The highest BCUT2D eigenvalue weighted by Gasteiger charge is 2.50. The van der Waals surface area contributed by atoms with E-state index in [4.69, 9.17) is 0 Å². The first kappa shape index (κ1) is 13.1. The van der Waals surface area contributed by atoms with Crippen molar-refractivity contribution in [3.8, 4) is 0 Å². The molecule has 2 N–H and O–H groups in total. The number of rotatable bonds is 1. The summed E-state index contributed by atoms with van der Waals surface area (Å²) in [6.07, 6.45) is 4.64. The van der Waals surface area contributed by atoms with Crippen LogP contribution < -0.4 is 0 Å². The van der Waals surface area contributed by atoms with Gasteiger partial charge < -0.3 is 10.2 Å². The Labute approximate surface area is 105 Å². The summed E-state index contributed by atoms with van der Waals surface area (Å²) in [5.74, 6) is 1.44. The maximum atomic E-state index is 10.5. The van der Waals surface area contributed by atoms with Crippen molar-refractivity contribution in [2.45, 2.75) is 58.7 Å². The van der Waals surface area contributed by atoms with Crippen molar-refractivity contribution >= 4 is 0 Å². The van der Waals surface area contributed by atoms with Gasteiger partial charge in [-0.1, -0.05) is 25.5 Å². The van der Waals surface area contributed by atoms with Crippen molar-refractivity contribution in [2.24, 2.45) is 23.7 Å². The van der Waals surface area contributed by atoms with E-state index in [9.17, 15) is 10.2 Å². The molecule has 98 valence electrons. The lowest BCUT2D eigenvalue weighted by Gasteiger charge is -2.51. The summed E-state index contributed by atoms with van der Waals surface area (Å²) in [4.78, 5) is 0. The molecule has 2 aliphatic carbocycles. The fourth-order valence-electron chi connectivity index (χ4n) is 4.06. The van der Waals surface area contributed by atoms with Gasteiger partial charge in [-0.25, -0.2) is 0 Å². The maximum Gasteiger partial charge on any atom is 0.0678 e. The number of aliphatic hydroxyl groups is 2. The highest BCUT2D eigenvalue weighted by molar-refractivity contribution is 5.15. The lowest BCUT2D eigenvalue weighted by Crippen LogP contribution is -2.54. The van der Waals surface area contributed by atoms with Gasteiger partial charge in [-0.15, -0.1) is 0 Å². The predicted octanol–water partition coefficient (Wildman–Crippen LogP) is 2.75. The minimum Gasteiger partial charge on any atom is -0.393 e. The van der Waals surface area contributed by atoms with Crippen LogP contribution in [0.5, 0.6) is 0 Å². The number of aliphatic hydroxyl groups excluding tert-OH is 1. The first-order chi connectivity index (χ1) is 7.83. The fraction of sp³-hybridized carbons (Fsp3) is 0.867. The Morgan fingerprint density at radius 3 is 2.65 bits per heavy atom. The molecule has 1 saturated carbocycles. The third-order valence-electron chi connectivity index (χ3n) is 4.87. The van der Waals surface area contributed by atoms with Crippen LogP contribution in [0.3, 0.4) is 0 Å². The Balaban J connectivity index is 2.35. The van der Waals surface area contributed by atoms with Crippen molar-refractivity contribution < 1.29 is 10.2 Å². The lowest BCUT2D eigenvalue weighted by molar-refractivity contribution is -0.133. The normalized spacial score (nSPS) is 46.6. The molecule has 0 saturated heterocycles. The summed E-state index contributed by atoms with van der Waals surface area (Å²) in [5, 5.41) is 20.8. The van der Waals surface area contributed by atoms with E-state index in [2.05, 4.69) is 26.8 Å². The predicted molar refractivity (Wildman–Crippen MR) is 69.5 cm³/mol. The molecule has 0 bridgehead atoms. The molecular weight excluding hydrogens is 212 g/mol. The second-order valence-corrected chi connectivity index (χ2v) is 6.69. The molecule has 0 spiro atoms. The molecule has 1 fully saturated rings. The summed E-state index contributed by atoms with van der Waals surface area (Å²) in [7, 11) is 0. The van der Waals surface area contributed by atoms with Crippen LogP contribution in [-0.2, 0) is 0 Å². The van der Waals surface area contributed by atoms with Gasteiger partial charge in [0.25, 0.3) is 0 Å².